The maximum absolute atomic E-state index is 11.0. The smallest absolute Gasteiger partial charge is 0.230 e. The first-order valence-corrected chi connectivity index (χ1v) is 11.9. The van der Waals surface area contributed by atoms with Crippen molar-refractivity contribution in [1.82, 2.24) is 9.55 Å². The standard InChI is InChI=1S/C29H32ClN3O/c1-28(2,3)22-15-20(16-23(26(22)34)29(4,5)6)17-31-27-32-24-9-7-8-10-25(24)33(27)18-19-11-13-21(30)14-12-19/h7-17,34H,18H2,1-6H3/b31-17+. The molecule has 0 bridgehead atoms. The van der Waals surface area contributed by atoms with Gasteiger partial charge in [-0.1, -0.05) is 77.4 Å². The summed E-state index contributed by atoms with van der Waals surface area (Å²) in [6, 6.07) is 20.0. The van der Waals surface area contributed by atoms with E-state index in [-0.39, 0.29) is 10.8 Å². The van der Waals surface area contributed by atoms with E-state index < -0.39 is 0 Å². The third-order valence-corrected chi connectivity index (χ3v) is 6.22. The average molecular weight is 474 g/mol. The quantitative estimate of drug-likeness (QED) is 0.307. The second-order valence-electron chi connectivity index (χ2n) is 10.8. The van der Waals surface area contributed by atoms with Crippen molar-refractivity contribution in [1.29, 1.82) is 0 Å². The lowest BCUT2D eigenvalue weighted by molar-refractivity contribution is 0.423. The van der Waals surface area contributed by atoms with Crippen LogP contribution in [0.25, 0.3) is 11.0 Å². The molecule has 176 valence electrons. The molecule has 0 saturated carbocycles. The summed E-state index contributed by atoms with van der Waals surface area (Å²) in [5.74, 6) is 1.01. The largest absolute Gasteiger partial charge is 0.507 e. The molecule has 0 aliphatic heterocycles. The van der Waals surface area contributed by atoms with Crippen LogP contribution in [0, 0.1) is 0 Å². The van der Waals surface area contributed by atoms with Gasteiger partial charge >= 0.3 is 0 Å². The van der Waals surface area contributed by atoms with E-state index >= 15 is 0 Å². The summed E-state index contributed by atoms with van der Waals surface area (Å²) < 4.78 is 2.12. The number of rotatable bonds is 4. The molecule has 0 spiro atoms. The van der Waals surface area contributed by atoms with E-state index in [4.69, 9.17) is 21.6 Å². The van der Waals surface area contributed by atoms with Crippen molar-refractivity contribution in [3.8, 4) is 5.75 Å². The molecule has 34 heavy (non-hydrogen) atoms. The Morgan fingerprint density at radius 1 is 0.912 bits per heavy atom. The van der Waals surface area contributed by atoms with Gasteiger partial charge in [-0.3, -0.25) is 0 Å². The molecule has 1 aromatic heterocycles. The highest BCUT2D eigenvalue weighted by molar-refractivity contribution is 6.30. The molecule has 5 heteroatoms. The molecule has 0 amide bonds. The Morgan fingerprint density at radius 3 is 2.09 bits per heavy atom. The molecule has 3 aromatic carbocycles. The maximum Gasteiger partial charge on any atom is 0.230 e. The summed E-state index contributed by atoms with van der Waals surface area (Å²) in [5, 5.41) is 11.7. The van der Waals surface area contributed by atoms with Crippen molar-refractivity contribution in [3.63, 3.8) is 0 Å². The van der Waals surface area contributed by atoms with E-state index in [0.717, 1.165) is 33.3 Å². The van der Waals surface area contributed by atoms with Crippen LogP contribution in [0.1, 0.15) is 63.8 Å². The number of phenolic OH excluding ortho intramolecular Hbond substituents is 1. The van der Waals surface area contributed by atoms with Crippen LogP contribution in [0.15, 0.2) is 65.7 Å². The van der Waals surface area contributed by atoms with Gasteiger partial charge in [-0.2, -0.15) is 0 Å². The molecule has 4 aromatic rings. The van der Waals surface area contributed by atoms with Gasteiger partial charge in [-0.05, 0) is 58.4 Å². The number of para-hydroxylation sites is 2. The van der Waals surface area contributed by atoms with Gasteiger partial charge in [0.25, 0.3) is 0 Å². The number of fused-ring (bicyclic) bond motifs is 1. The Morgan fingerprint density at radius 2 is 1.50 bits per heavy atom. The zero-order chi connectivity index (χ0) is 24.7. The summed E-state index contributed by atoms with van der Waals surface area (Å²) in [5.41, 5.74) is 5.43. The van der Waals surface area contributed by atoms with Crippen LogP contribution in [-0.2, 0) is 17.4 Å². The Labute approximate surface area is 207 Å². The lowest BCUT2D eigenvalue weighted by atomic mass is 9.78. The third kappa shape index (κ3) is 5.02. The van der Waals surface area contributed by atoms with Gasteiger partial charge in [0.1, 0.15) is 5.75 Å². The highest BCUT2D eigenvalue weighted by atomic mass is 35.5. The van der Waals surface area contributed by atoms with Gasteiger partial charge in [0, 0.05) is 22.4 Å². The van der Waals surface area contributed by atoms with Crippen molar-refractivity contribution in [3.05, 3.63) is 87.9 Å². The fourth-order valence-corrected chi connectivity index (χ4v) is 4.22. The number of halogens is 1. The van der Waals surface area contributed by atoms with E-state index in [1.54, 1.807) is 0 Å². The Kier molecular flexibility index (Phi) is 6.30. The molecule has 0 aliphatic carbocycles. The van der Waals surface area contributed by atoms with Crippen molar-refractivity contribution in [2.75, 3.05) is 0 Å². The summed E-state index contributed by atoms with van der Waals surface area (Å²) >= 11 is 6.08. The molecule has 0 atom stereocenters. The number of hydrogen-bond acceptors (Lipinski definition) is 3. The molecular formula is C29H32ClN3O. The number of aromatic nitrogens is 2. The van der Waals surface area contributed by atoms with E-state index in [9.17, 15) is 5.11 Å². The number of aromatic hydroxyl groups is 1. The minimum atomic E-state index is -0.199. The molecule has 0 aliphatic rings. The summed E-state index contributed by atoms with van der Waals surface area (Å²) in [6.45, 7) is 13.3. The van der Waals surface area contributed by atoms with Crippen LogP contribution in [0.2, 0.25) is 5.02 Å². The summed E-state index contributed by atoms with van der Waals surface area (Å²) in [4.78, 5) is 9.61. The number of phenols is 1. The number of aliphatic imine (C=N–C) groups is 1. The fourth-order valence-electron chi connectivity index (χ4n) is 4.10. The monoisotopic (exact) mass is 473 g/mol. The zero-order valence-corrected chi connectivity index (χ0v) is 21.5. The van der Waals surface area contributed by atoms with E-state index in [2.05, 4.69) is 52.2 Å². The minimum absolute atomic E-state index is 0.199. The summed E-state index contributed by atoms with van der Waals surface area (Å²) in [7, 11) is 0. The number of imidazole rings is 1. The highest BCUT2D eigenvalue weighted by Crippen LogP contribution is 2.39. The van der Waals surface area contributed by atoms with E-state index in [1.807, 2.05) is 60.8 Å². The number of benzene rings is 3. The van der Waals surface area contributed by atoms with E-state index in [1.165, 1.54) is 0 Å². The topological polar surface area (TPSA) is 50.4 Å². The van der Waals surface area contributed by atoms with Crippen LogP contribution < -0.4 is 0 Å². The predicted octanol–water partition coefficient (Wildman–Crippen LogP) is 7.79. The fraction of sp³-hybridized carbons (Fsp3) is 0.310. The van der Waals surface area contributed by atoms with Crippen molar-refractivity contribution >= 4 is 34.8 Å². The van der Waals surface area contributed by atoms with Crippen LogP contribution in [0.4, 0.5) is 5.95 Å². The molecule has 1 heterocycles. The molecule has 0 saturated heterocycles. The van der Waals surface area contributed by atoms with Gasteiger partial charge in [-0.15, -0.1) is 0 Å². The Hall–Kier alpha value is -3.11. The molecule has 0 radical (unpaired) electrons. The first-order valence-electron chi connectivity index (χ1n) is 11.6. The van der Waals surface area contributed by atoms with Gasteiger partial charge in [0.05, 0.1) is 17.6 Å². The molecule has 1 N–H and O–H groups in total. The maximum atomic E-state index is 11.0. The van der Waals surface area contributed by atoms with Crippen LogP contribution in [0.3, 0.4) is 0 Å². The highest BCUT2D eigenvalue weighted by Gasteiger charge is 2.26. The molecule has 4 rings (SSSR count). The second-order valence-corrected chi connectivity index (χ2v) is 11.3. The van der Waals surface area contributed by atoms with Gasteiger partial charge in [0.15, 0.2) is 0 Å². The van der Waals surface area contributed by atoms with Crippen molar-refractivity contribution in [2.24, 2.45) is 4.99 Å². The number of hydrogen-bond donors (Lipinski definition) is 1. The molecule has 0 fully saturated rings. The normalized spacial score (nSPS) is 12.7. The summed E-state index contributed by atoms with van der Waals surface area (Å²) in [6.07, 6.45) is 1.85. The SMILES string of the molecule is CC(C)(C)c1cc(/C=N/c2nc3ccccc3n2Cc2ccc(Cl)cc2)cc(C(C)(C)C)c1O. The van der Waals surface area contributed by atoms with Crippen LogP contribution in [-0.4, -0.2) is 20.9 Å². The van der Waals surface area contributed by atoms with Gasteiger partial charge in [0.2, 0.25) is 5.95 Å². The molecule has 4 nitrogen and oxygen atoms in total. The van der Waals surface area contributed by atoms with Crippen molar-refractivity contribution in [2.45, 2.75) is 58.9 Å². The Bertz CT molecular complexity index is 1320. The first kappa shape index (κ1) is 24.0. The zero-order valence-electron chi connectivity index (χ0n) is 20.7. The number of nitrogens with zero attached hydrogens (tertiary/aromatic N) is 3. The Balaban J connectivity index is 1.80. The second kappa shape index (κ2) is 8.92. The molecule has 0 unspecified atom stereocenters. The minimum Gasteiger partial charge on any atom is -0.507 e. The lowest BCUT2D eigenvalue weighted by Crippen LogP contribution is -2.17. The van der Waals surface area contributed by atoms with Crippen molar-refractivity contribution < 1.29 is 5.11 Å². The predicted molar refractivity (Wildman–Crippen MR) is 143 cm³/mol. The first-order chi connectivity index (χ1) is 15.9. The van der Waals surface area contributed by atoms with Gasteiger partial charge < -0.3 is 9.67 Å². The lowest BCUT2D eigenvalue weighted by Gasteiger charge is -2.27. The van der Waals surface area contributed by atoms with Crippen LogP contribution >= 0.6 is 11.6 Å². The molecular weight excluding hydrogens is 442 g/mol. The average Bonchev–Trinajstić information content (AvgIpc) is 3.10. The van der Waals surface area contributed by atoms with E-state index in [0.29, 0.717) is 23.3 Å². The third-order valence-electron chi connectivity index (χ3n) is 5.97. The van der Waals surface area contributed by atoms with Gasteiger partial charge in [-0.25, -0.2) is 9.98 Å². The van der Waals surface area contributed by atoms with Crippen LogP contribution in [0.5, 0.6) is 5.75 Å².